The highest BCUT2D eigenvalue weighted by molar-refractivity contribution is 6.30. The average molecular weight is 325 g/mol. The third-order valence-corrected chi connectivity index (χ3v) is 4.32. The number of alkyl carbamates (subject to hydrolysis) is 1. The van der Waals surface area contributed by atoms with E-state index in [-0.39, 0.29) is 6.04 Å². The number of amides is 1. The number of nitrogens with one attached hydrogen (secondary N) is 1. The predicted molar refractivity (Wildman–Crippen MR) is 88.9 cm³/mol. The van der Waals surface area contributed by atoms with Crippen LogP contribution in [0.5, 0.6) is 0 Å². The van der Waals surface area contributed by atoms with E-state index >= 15 is 0 Å². The Bertz CT molecular complexity index is 516. The molecule has 1 amide bonds. The number of ether oxygens (including phenoxy) is 1. The van der Waals surface area contributed by atoms with Crippen molar-refractivity contribution in [1.82, 2.24) is 5.32 Å². The van der Waals surface area contributed by atoms with Crippen LogP contribution in [0.3, 0.4) is 0 Å². The molecule has 1 fully saturated rings. The van der Waals surface area contributed by atoms with Crippen molar-refractivity contribution < 1.29 is 9.53 Å². The zero-order chi connectivity index (χ0) is 16.4. The van der Waals surface area contributed by atoms with Crippen LogP contribution >= 0.6 is 11.6 Å². The van der Waals surface area contributed by atoms with Gasteiger partial charge in [0.05, 0.1) is 11.6 Å². The first-order chi connectivity index (χ1) is 10.2. The summed E-state index contributed by atoms with van der Waals surface area (Å²) in [5, 5.41) is 3.72. The van der Waals surface area contributed by atoms with Crippen LogP contribution < -0.4 is 11.1 Å². The van der Waals surface area contributed by atoms with E-state index in [1.807, 2.05) is 45.0 Å². The lowest BCUT2D eigenvalue weighted by atomic mass is 9.84. The zero-order valence-electron chi connectivity index (χ0n) is 13.5. The van der Waals surface area contributed by atoms with Crippen molar-refractivity contribution in [2.45, 2.75) is 63.6 Å². The van der Waals surface area contributed by atoms with Crippen molar-refractivity contribution in [2.24, 2.45) is 5.73 Å². The van der Waals surface area contributed by atoms with Crippen molar-refractivity contribution in [1.29, 1.82) is 0 Å². The summed E-state index contributed by atoms with van der Waals surface area (Å²) in [4.78, 5) is 12.2. The topological polar surface area (TPSA) is 64.3 Å². The molecule has 122 valence electrons. The van der Waals surface area contributed by atoms with Crippen LogP contribution in [0.1, 0.15) is 58.1 Å². The Morgan fingerprint density at radius 3 is 2.32 bits per heavy atom. The van der Waals surface area contributed by atoms with Gasteiger partial charge >= 0.3 is 6.09 Å². The number of hydrogen-bond donors (Lipinski definition) is 2. The summed E-state index contributed by atoms with van der Waals surface area (Å²) < 4.78 is 5.40. The lowest BCUT2D eigenvalue weighted by Gasteiger charge is -2.37. The van der Waals surface area contributed by atoms with E-state index in [0.29, 0.717) is 5.02 Å². The standard InChI is InChI=1S/C17H25ClN2O2/c1-16(2,3)22-15(21)20-17(10-4-5-11-17)14(19)12-6-8-13(18)9-7-12/h6-9,14H,4-5,10-11,19H2,1-3H3,(H,20,21). The molecule has 1 aliphatic carbocycles. The minimum Gasteiger partial charge on any atom is -0.444 e. The van der Waals surface area contributed by atoms with Crippen LogP contribution in [0, 0.1) is 0 Å². The molecule has 0 radical (unpaired) electrons. The lowest BCUT2D eigenvalue weighted by Crippen LogP contribution is -2.54. The second kappa shape index (κ2) is 6.47. The molecule has 3 N–H and O–H groups in total. The van der Waals surface area contributed by atoms with Crippen LogP contribution in [0.2, 0.25) is 5.02 Å². The molecule has 2 rings (SSSR count). The predicted octanol–water partition coefficient (Wildman–Crippen LogP) is 4.18. The fourth-order valence-corrected chi connectivity index (χ4v) is 3.14. The molecule has 1 aromatic carbocycles. The highest BCUT2D eigenvalue weighted by Gasteiger charge is 2.42. The largest absolute Gasteiger partial charge is 0.444 e. The SMILES string of the molecule is CC(C)(C)OC(=O)NC1(C(N)c2ccc(Cl)cc2)CCCC1. The minimum atomic E-state index is -0.520. The number of carbonyl (C=O) groups is 1. The van der Waals surface area contributed by atoms with E-state index in [1.165, 1.54) is 0 Å². The highest BCUT2D eigenvalue weighted by Crippen LogP contribution is 2.39. The summed E-state index contributed by atoms with van der Waals surface area (Å²) in [6, 6.07) is 7.22. The van der Waals surface area contributed by atoms with E-state index in [0.717, 1.165) is 31.2 Å². The number of halogens is 1. The number of carbonyl (C=O) groups excluding carboxylic acids is 1. The normalized spacial score (nSPS) is 18.8. The molecule has 1 aliphatic rings. The summed E-state index contributed by atoms with van der Waals surface area (Å²) in [6.07, 6.45) is 3.42. The maximum absolute atomic E-state index is 12.2. The summed E-state index contributed by atoms with van der Waals surface area (Å²) in [6.45, 7) is 5.56. The van der Waals surface area contributed by atoms with Gasteiger partial charge < -0.3 is 15.8 Å². The maximum Gasteiger partial charge on any atom is 0.408 e. The third kappa shape index (κ3) is 4.14. The number of benzene rings is 1. The second-order valence-electron chi connectivity index (χ2n) is 7.02. The van der Waals surface area contributed by atoms with E-state index in [9.17, 15) is 4.79 Å². The third-order valence-electron chi connectivity index (χ3n) is 4.07. The van der Waals surface area contributed by atoms with Gasteiger partial charge in [-0.2, -0.15) is 0 Å². The molecule has 0 aromatic heterocycles. The Hall–Kier alpha value is -1.26. The number of hydrogen-bond acceptors (Lipinski definition) is 3. The van der Waals surface area contributed by atoms with E-state index in [1.54, 1.807) is 0 Å². The van der Waals surface area contributed by atoms with Crippen LogP contribution in [-0.4, -0.2) is 17.2 Å². The molecule has 4 nitrogen and oxygen atoms in total. The van der Waals surface area contributed by atoms with E-state index < -0.39 is 17.2 Å². The summed E-state index contributed by atoms with van der Waals surface area (Å²) in [5.74, 6) is 0. The Morgan fingerprint density at radius 1 is 1.27 bits per heavy atom. The monoisotopic (exact) mass is 324 g/mol. The first kappa shape index (κ1) is 17.1. The lowest BCUT2D eigenvalue weighted by molar-refractivity contribution is 0.0437. The van der Waals surface area contributed by atoms with Crippen LogP contribution in [-0.2, 0) is 4.74 Å². The molecule has 1 unspecified atom stereocenters. The maximum atomic E-state index is 12.2. The zero-order valence-corrected chi connectivity index (χ0v) is 14.2. The minimum absolute atomic E-state index is 0.278. The van der Waals surface area contributed by atoms with Gasteiger partial charge in [0.15, 0.2) is 0 Å². The quantitative estimate of drug-likeness (QED) is 0.876. The summed E-state index contributed by atoms with van der Waals surface area (Å²) in [7, 11) is 0. The summed E-state index contributed by atoms with van der Waals surface area (Å²) in [5.41, 5.74) is 6.49. The van der Waals surface area contributed by atoms with E-state index in [4.69, 9.17) is 22.1 Å². The molecule has 0 heterocycles. The van der Waals surface area contributed by atoms with Gasteiger partial charge in [-0.15, -0.1) is 0 Å². The van der Waals surface area contributed by atoms with Crippen molar-refractivity contribution in [3.05, 3.63) is 34.9 Å². The van der Waals surface area contributed by atoms with Crippen molar-refractivity contribution >= 4 is 17.7 Å². The average Bonchev–Trinajstić information content (AvgIpc) is 2.86. The van der Waals surface area contributed by atoms with Gasteiger partial charge in [-0.3, -0.25) is 0 Å². The molecule has 0 bridgehead atoms. The Morgan fingerprint density at radius 2 is 1.82 bits per heavy atom. The second-order valence-corrected chi connectivity index (χ2v) is 7.46. The van der Waals surface area contributed by atoms with Gasteiger partial charge in [-0.1, -0.05) is 36.6 Å². The highest BCUT2D eigenvalue weighted by atomic mass is 35.5. The molecule has 0 spiro atoms. The van der Waals surface area contributed by atoms with Crippen LogP contribution in [0.25, 0.3) is 0 Å². The first-order valence-corrected chi connectivity index (χ1v) is 8.12. The molecule has 0 saturated heterocycles. The van der Waals surface area contributed by atoms with Crippen LogP contribution in [0.15, 0.2) is 24.3 Å². The number of nitrogens with two attached hydrogens (primary N) is 1. The molecule has 1 saturated carbocycles. The molecular formula is C17H25ClN2O2. The van der Waals surface area contributed by atoms with Gasteiger partial charge in [0, 0.05) is 5.02 Å². The van der Waals surface area contributed by atoms with Gasteiger partial charge in [-0.05, 0) is 51.3 Å². The van der Waals surface area contributed by atoms with Crippen molar-refractivity contribution in [3.8, 4) is 0 Å². The molecule has 5 heteroatoms. The molecular weight excluding hydrogens is 300 g/mol. The smallest absolute Gasteiger partial charge is 0.408 e. The van der Waals surface area contributed by atoms with Gasteiger partial charge in [0.1, 0.15) is 5.60 Å². The van der Waals surface area contributed by atoms with Crippen molar-refractivity contribution in [2.75, 3.05) is 0 Å². The molecule has 1 aromatic rings. The Balaban J connectivity index is 2.17. The van der Waals surface area contributed by atoms with Gasteiger partial charge in [0.25, 0.3) is 0 Å². The number of rotatable bonds is 3. The molecule has 22 heavy (non-hydrogen) atoms. The molecule has 1 atom stereocenters. The fourth-order valence-electron chi connectivity index (χ4n) is 3.02. The van der Waals surface area contributed by atoms with Gasteiger partial charge in [0.2, 0.25) is 0 Å². The Kier molecular flexibility index (Phi) is 5.03. The van der Waals surface area contributed by atoms with Crippen molar-refractivity contribution in [3.63, 3.8) is 0 Å². The fraction of sp³-hybridized carbons (Fsp3) is 0.588. The summed E-state index contributed by atoms with van der Waals surface area (Å²) >= 11 is 5.94. The van der Waals surface area contributed by atoms with Crippen LogP contribution in [0.4, 0.5) is 4.79 Å². The Labute approximate surface area is 137 Å². The van der Waals surface area contributed by atoms with E-state index in [2.05, 4.69) is 5.32 Å². The van der Waals surface area contributed by atoms with Gasteiger partial charge in [-0.25, -0.2) is 4.79 Å². The molecule has 0 aliphatic heterocycles. The first-order valence-electron chi connectivity index (χ1n) is 7.74.